The van der Waals surface area contributed by atoms with Crippen LogP contribution in [0, 0.1) is 0 Å². The van der Waals surface area contributed by atoms with E-state index in [0.29, 0.717) is 19.5 Å². The number of carbonyl (C=O) groups is 2. The Hall–Kier alpha value is -1.92. The lowest BCUT2D eigenvalue weighted by molar-refractivity contribution is -0.143. The number of hydrogen-bond donors (Lipinski definition) is 2. The van der Waals surface area contributed by atoms with E-state index in [1.807, 2.05) is 30.3 Å². The van der Waals surface area contributed by atoms with Crippen molar-refractivity contribution in [1.29, 1.82) is 0 Å². The van der Waals surface area contributed by atoms with Crippen LogP contribution < -0.4 is 5.32 Å². The number of amides is 2. The van der Waals surface area contributed by atoms with Crippen LogP contribution in [-0.4, -0.2) is 65.5 Å². The molecule has 6 nitrogen and oxygen atoms in total. The van der Waals surface area contributed by atoms with Crippen LogP contribution in [0.25, 0.3) is 0 Å². The fourth-order valence-corrected chi connectivity index (χ4v) is 4.00. The van der Waals surface area contributed by atoms with Crippen molar-refractivity contribution in [2.75, 3.05) is 32.7 Å². The molecule has 2 aliphatic heterocycles. The summed E-state index contributed by atoms with van der Waals surface area (Å²) in [4.78, 5) is 27.6. The van der Waals surface area contributed by atoms with E-state index >= 15 is 0 Å². The third-order valence-electron chi connectivity index (χ3n) is 5.40. The van der Waals surface area contributed by atoms with Crippen LogP contribution >= 0.6 is 0 Å². The molecule has 0 radical (unpaired) electrons. The molecular formula is C19H27N3O3. The molecule has 0 aliphatic carbocycles. The van der Waals surface area contributed by atoms with Gasteiger partial charge < -0.3 is 15.3 Å². The average molecular weight is 345 g/mol. The monoisotopic (exact) mass is 345 g/mol. The number of nitrogens with one attached hydrogen (secondary N) is 1. The van der Waals surface area contributed by atoms with Gasteiger partial charge in [-0.3, -0.25) is 14.5 Å². The van der Waals surface area contributed by atoms with Gasteiger partial charge in [-0.05, 0) is 37.9 Å². The van der Waals surface area contributed by atoms with E-state index in [1.54, 1.807) is 4.90 Å². The van der Waals surface area contributed by atoms with E-state index in [0.717, 1.165) is 31.5 Å². The number of rotatable bonds is 4. The molecule has 2 fully saturated rings. The lowest BCUT2D eigenvalue weighted by Crippen LogP contribution is -2.61. The summed E-state index contributed by atoms with van der Waals surface area (Å²) >= 11 is 0. The summed E-state index contributed by atoms with van der Waals surface area (Å²) < 4.78 is 0. The zero-order valence-electron chi connectivity index (χ0n) is 14.8. The van der Waals surface area contributed by atoms with Gasteiger partial charge in [-0.15, -0.1) is 0 Å². The van der Waals surface area contributed by atoms with Crippen molar-refractivity contribution < 1.29 is 14.7 Å². The molecule has 2 atom stereocenters. The summed E-state index contributed by atoms with van der Waals surface area (Å²) in [6.45, 7) is 4.32. The molecule has 3 rings (SSSR count). The van der Waals surface area contributed by atoms with Gasteiger partial charge in [-0.1, -0.05) is 30.3 Å². The van der Waals surface area contributed by atoms with Crippen LogP contribution in [0.15, 0.2) is 30.3 Å². The number of likely N-dealkylation sites (tertiary alicyclic amines) is 2. The first-order chi connectivity index (χ1) is 12.0. The summed E-state index contributed by atoms with van der Waals surface area (Å²) in [5.74, 6) is -0.295. The average Bonchev–Trinajstić information content (AvgIpc) is 3.15. The van der Waals surface area contributed by atoms with Crippen LogP contribution in [0.3, 0.4) is 0 Å². The van der Waals surface area contributed by atoms with E-state index in [2.05, 4.69) is 10.2 Å². The Balaban J connectivity index is 1.79. The van der Waals surface area contributed by atoms with Gasteiger partial charge in [0, 0.05) is 20.0 Å². The minimum atomic E-state index is -0.948. The van der Waals surface area contributed by atoms with Crippen molar-refractivity contribution in [2.24, 2.45) is 0 Å². The second-order valence-corrected chi connectivity index (χ2v) is 7.05. The van der Waals surface area contributed by atoms with Gasteiger partial charge in [0.25, 0.3) is 0 Å². The van der Waals surface area contributed by atoms with Crippen LogP contribution in [0.4, 0.5) is 0 Å². The molecule has 0 aromatic heterocycles. The van der Waals surface area contributed by atoms with Crippen molar-refractivity contribution in [2.45, 2.75) is 37.8 Å². The second kappa shape index (κ2) is 7.54. The first-order valence-electron chi connectivity index (χ1n) is 9.05. The zero-order chi connectivity index (χ0) is 17.9. The van der Waals surface area contributed by atoms with Gasteiger partial charge in [0.05, 0.1) is 12.6 Å². The molecule has 1 aromatic rings. The van der Waals surface area contributed by atoms with Gasteiger partial charge in [-0.25, -0.2) is 0 Å². The number of benzene rings is 1. The standard InChI is InChI=1S/C19H27N3O3/c1-15(23)20-13-18(24)22-12-9-19(25,16-7-3-2-4-8-16)17(14-22)21-10-5-6-11-21/h2-4,7-8,17,25H,5-6,9-14H2,1H3,(H,20,23)/t17-,19+/m1/s1. The van der Waals surface area contributed by atoms with E-state index in [9.17, 15) is 14.7 Å². The Morgan fingerprint density at radius 1 is 1.20 bits per heavy atom. The van der Waals surface area contributed by atoms with E-state index < -0.39 is 5.60 Å². The Labute approximate surface area is 148 Å². The van der Waals surface area contributed by atoms with E-state index in [-0.39, 0.29) is 24.4 Å². The maximum Gasteiger partial charge on any atom is 0.242 e. The van der Waals surface area contributed by atoms with Gasteiger partial charge in [-0.2, -0.15) is 0 Å². The van der Waals surface area contributed by atoms with Crippen LogP contribution in [-0.2, 0) is 15.2 Å². The summed E-state index contributed by atoms with van der Waals surface area (Å²) in [5.41, 5.74) is -0.0306. The van der Waals surface area contributed by atoms with Crippen molar-refractivity contribution in [1.82, 2.24) is 15.1 Å². The Bertz CT molecular complexity index is 616. The maximum atomic E-state index is 12.4. The highest BCUT2D eigenvalue weighted by molar-refractivity contribution is 5.83. The topological polar surface area (TPSA) is 72.9 Å². The molecule has 0 unspecified atom stereocenters. The molecule has 0 bridgehead atoms. The maximum absolute atomic E-state index is 12.4. The van der Waals surface area contributed by atoms with E-state index in [4.69, 9.17) is 0 Å². The molecule has 6 heteroatoms. The zero-order valence-corrected chi connectivity index (χ0v) is 14.8. The normalized spacial score (nSPS) is 27.3. The molecule has 25 heavy (non-hydrogen) atoms. The van der Waals surface area contributed by atoms with Gasteiger partial charge in [0.1, 0.15) is 5.60 Å². The minimum absolute atomic E-state index is 0.0197. The van der Waals surface area contributed by atoms with Crippen molar-refractivity contribution >= 4 is 11.8 Å². The summed E-state index contributed by atoms with van der Waals surface area (Å²) in [7, 11) is 0. The van der Waals surface area contributed by atoms with Crippen molar-refractivity contribution in [3.63, 3.8) is 0 Å². The fourth-order valence-electron chi connectivity index (χ4n) is 4.00. The van der Waals surface area contributed by atoms with Crippen LogP contribution in [0.2, 0.25) is 0 Å². The predicted molar refractivity (Wildman–Crippen MR) is 94.8 cm³/mol. The molecule has 1 aromatic carbocycles. The third-order valence-corrected chi connectivity index (χ3v) is 5.40. The number of carbonyl (C=O) groups excluding carboxylic acids is 2. The summed E-state index contributed by atoms with van der Waals surface area (Å²) in [5, 5.41) is 14.1. The van der Waals surface area contributed by atoms with Crippen molar-refractivity contribution in [3.05, 3.63) is 35.9 Å². The lowest BCUT2D eigenvalue weighted by atomic mass is 9.79. The number of nitrogens with zero attached hydrogens (tertiary/aromatic N) is 2. The highest BCUT2D eigenvalue weighted by Crippen LogP contribution is 2.37. The summed E-state index contributed by atoms with van der Waals surface area (Å²) in [6, 6.07) is 9.66. The number of aliphatic hydroxyl groups is 1. The highest BCUT2D eigenvalue weighted by Gasteiger charge is 2.47. The first-order valence-corrected chi connectivity index (χ1v) is 9.05. The minimum Gasteiger partial charge on any atom is -0.383 e. The first kappa shape index (κ1) is 17.9. The summed E-state index contributed by atoms with van der Waals surface area (Å²) in [6.07, 6.45) is 2.76. The van der Waals surface area contributed by atoms with Crippen molar-refractivity contribution in [3.8, 4) is 0 Å². The van der Waals surface area contributed by atoms with Gasteiger partial charge in [0.2, 0.25) is 11.8 Å². The second-order valence-electron chi connectivity index (χ2n) is 7.05. The highest BCUT2D eigenvalue weighted by atomic mass is 16.3. The predicted octanol–water partition coefficient (Wildman–Crippen LogP) is 0.707. The van der Waals surface area contributed by atoms with Crippen LogP contribution in [0.1, 0.15) is 31.7 Å². The number of piperidine rings is 1. The molecule has 136 valence electrons. The Morgan fingerprint density at radius 3 is 2.52 bits per heavy atom. The number of hydrogen-bond acceptors (Lipinski definition) is 4. The molecular weight excluding hydrogens is 318 g/mol. The molecule has 2 amide bonds. The van der Waals surface area contributed by atoms with Gasteiger partial charge in [0.15, 0.2) is 0 Å². The quantitative estimate of drug-likeness (QED) is 0.843. The smallest absolute Gasteiger partial charge is 0.242 e. The van der Waals surface area contributed by atoms with Gasteiger partial charge >= 0.3 is 0 Å². The third kappa shape index (κ3) is 3.85. The molecule has 2 heterocycles. The van der Waals surface area contributed by atoms with Crippen LogP contribution in [0.5, 0.6) is 0 Å². The SMILES string of the molecule is CC(=O)NCC(=O)N1CC[C@](O)(c2ccccc2)[C@H](N2CCCC2)C1. The molecule has 0 saturated carbocycles. The largest absolute Gasteiger partial charge is 0.383 e. The van der Waals surface area contributed by atoms with E-state index in [1.165, 1.54) is 6.92 Å². The lowest BCUT2D eigenvalue weighted by Gasteiger charge is -2.48. The molecule has 2 N–H and O–H groups in total. The Morgan fingerprint density at radius 2 is 1.88 bits per heavy atom. The Kier molecular flexibility index (Phi) is 5.39. The molecule has 2 saturated heterocycles. The molecule has 2 aliphatic rings. The molecule has 0 spiro atoms. The fraction of sp³-hybridized carbons (Fsp3) is 0.579.